The van der Waals surface area contributed by atoms with E-state index in [2.05, 4.69) is 33.7 Å². The minimum atomic E-state index is -0.508. The average molecular weight is 290 g/mol. The third-order valence-electron chi connectivity index (χ3n) is 2.69. The van der Waals surface area contributed by atoms with Crippen molar-refractivity contribution in [1.29, 1.82) is 0 Å². The van der Waals surface area contributed by atoms with E-state index in [1.54, 1.807) is 25.2 Å². The summed E-state index contributed by atoms with van der Waals surface area (Å²) in [4.78, 5) is 23.5. The number of halogens is 1. The second-order valence-corrected chi connectivity index (χ2v) is 4.25. The maximum Gasteiger partial charge on any atom is 0.355 e. The normalized spacial score (nSPS) is 11.4. The number of benzene rings is 1. The van der Waals surface area contributed by atoms with E-state index in [9.17, 15) is 4.79 Å². The number of anilines is 1. The molecule has 0 spiro atoms. The highest BCUT2D eigenvalue weighted by molar-refractivity contribution is 6.31. The van der Waals surface area contributed by atoms with Gasteiger partial charge in [0, 0.05) is 17.5 Å². The molecule has 1 N–H and O–H groups in total. The van der Waals surface area contributed by atoms with Crippen molar-refractivity contribution in [2.75, 3.05) is 12.4 Å². The highest BCUT2D eigenvalue weighted by atomic mass is 35.5. The fraction of sp³-hybridized carbons (Fsp3) is 0.0769. The van der Waals surface area contributed by atoms with Crippen molar-refractivity contribution < 1.29 is 0 Å². The Hall–Kier alpha value is -2.47. The summed E-state index contributed by atoms with van der Waals surface area (Å²) in [7, 11) is 1.69. The van der Waals surface area contributed by atoms with Gasteiger partial charge in [0.2, 0.25) is 0 Å². The molecule has 6 nitrogen and oxygen atoms in total. The van der Waals surface area contributed by atoms with Gasteiger partial charge in [-0.1, -0.05) is 11.6 Å². The number of nitrogens with one attached hydrogen (secondary N) is 1. The zero-order valence-corrected chi connectivity index (χ0v) is 11.6. The number of aliphatic imine (C=N–C) groups is 2. The standard InChI is InChI=1S/C13H12ClN5O/c1-15-7-11(16-2)19-10-6-8(14)4-5-9(10)12(17-3)18-13(19)20/h4-7H,1-2H2,3H3,(H,17,18,20)/b11-7+. The lowest BCUT2D eigenvalue weighted by Crippen LogP contribution is -2.23. The van der Waals surface area contributed by atoms with Crippen LogP contribution in [-0.2, 0) is 0 Å². The first kappa shape index (κ1) is 14.0. The summed E-state index contributed by atoms with van der Waals surface area (Å²) in [6.07, 6.45) is 1.33. The molecule has 0 fully saturated rings. The van der Waals surface area contributed by atoms with Crippen molar-refractivity contribution in [1.82, 2.24) is 9.55 Å². The monoisotopic (exact) mass is 289 g/mol. The molecule has 1 aromatic carbocycles. The van der Waals surface area contributed by atoms with Gasteiger partial charge in [-0.2, -0.15) is 4.98 Å². The van der Waals surface area contributed by atoms with Crippen LogP contribution in [0.4, 0.5) is 5.82 Å². The molecule has 0 aliphatic carbocycles. The zero-order chi connectivity index (χ0) is 14.7. The van der Waals surface area contributed by atoms with E-state index < -0.39 is 5.69 Å². The van der Waals surface area contributed by atoms with E-state index in [1.165, 1.54) is 10.8 Å². The Bertz CT molecular complexity index is 778. The van der Waals surface area contributed by atoms with E-state index >= 15 is 0 Å². The minimum Gasteiger partial charge on any atom is -0.372 e. The van der Waals surface area contributed by atoms with Crippen LogP contribution in [0.15, 0.2) is 39.2 Å². The third kappa shape index (κ3) is 2.33. The molecule has 1 heterocycles. The maximum atomic E-state index is 12.2. The molecule has 1 aromatic heterocycles. The Kier molecular flexibility index (Phi) is 3.95. The van der Waals surface area contributed by atoms with Crippen molar-refractivity contribution in [3.05, 3.63) is 39.9 Å². The molecule has 0 saturated heterocycles. The molecule has 0 saturated carbocycles. The molecule has 0 unspecified atom stereocenters. The SMILES string of the molecule is C=N/C=C(\N=C)n1c(=O)nc(NC)c2ccc(Cl)cc21. The Balaban J connectivity index is 2.97. The number of hydrogen-bond acceptors (Lipinski definition) is 5. The van der Waals surface area contributed by atoms with Crippen LogP contribution in [0.3, 0.4) is 0 Å². The molecule has 0 aliphatic heterocycles. The van der Waals surface area contributed by atoms with Gasteiger partial charge in [-0.25, -0.2) is 14.4 Å². The number of fused-ring (bicyclic) bond motifs is 1. The summed E-state index contributed by atoms with van der Waals surface area (Å²) in [6.45, 7) is 6.77. The van der Waals surface area contributed by atoms with Crippen LogP contribution in [0, 0.1) is 0 Å². The molecular formula is C13H12ClN5O. The van der Waals surface area contributed by atoms with Gasteiger partial charge in [0.25, 0.3) is 0 Å². The fourth-order valence-corrected chi connectivity index (χ4v) is 2.03. The summed E-state index contributed by atoms with van der Waals surface area (Å²) >= 11 is 6.01. The van der Waals surface area contributed by atoms with Gasteiger partial charge in [-0.15, -0.1) is 0 Å². The molecule has 0 radical (unpaired) electrons. The zero-order valence-electron chi connectivity index (χ0n) is 10.8. The number of aromatic nitrogens is 2. The van der Waals surface area contributed by atoms with E-state index in [1.807, 2.05) is 0 Å². The smallest absolute Gasteiger partial charge is 0.355 e. The molecule has 20 heavy (non-hydrogen) atoms. The highest BCUT2D eigenvalue weighted by Gasteiger charge is 2.12. The van der Waals surface area contributed by atoms with Crippen LogP contribution in [0.2, 0.25) is 5.02 Å². The van der Waals surface area contributed by atoms with Crippen LogP contribution in [0.1, 0.15) is 0 Å². The molecule has 0 amide bonds. The lowest BCUT2D eigenvalue weighted by Gasteiger charge is -2.12. The van der Waals surface area contributed by atoms with Gasteiger partial charge in [0.05, 0.1) is 11.7 Å². The number of nitrogens with zero attached hydrogens (tertiary/aromatic N) is 4. The maximum absolute atomic E-state index is 12.2. The molecular weight excluding hydrogens is 278 g/mol. The van der Waals surface area contributed by atoms with Crippen molar-refractivity contribution in [2.45, 2.75) is 0 Å². The van der Waals surface area contributed by atoms with E-state index in [0.29, 0.717) is 16.4 Å². The molecule has 7 heteroatoms. The first-order valence-electron chi connectivity index (χ1n) is 5.65. The summed E-state index contributed by atoms with van der Waals surface area (Å²) in [5, 5.41) is 4.10. The molecule has 0 bridgehead atoms. The Morgan fingerprint density at radius 3 is 2.85 bits per heavy atom. The Labute approximate surface area is 120 Å². The number of rotatable bonds is 4. The molecule has 0 aliphatic rings. The van der Waals surface area contributed by atoms with E-state index in [0.717, 1.165) is 5.39 Å². The Morgan fingerprint density at radius 2 is 2.25 bits per heavy atom. The van der Waals surface area contributed by atoms with Crippen LogP contribution >= 0.6 is 11.6 Å². The third-order valence-corrected chi connectivity index (χ3v) is 2.92. The average Bonchev–Trinajstić information content (AvgIpc) is 2.44. The second-order valence-electron chi connectivity index (χ2n) is 3.82. The summed E-state index contributed by atoms with van der Waals surface area (Å²) < 4.78 is 1.28. The minimum absolute atomic E-state index is 0.229. The van der Waals surface area contributed by atoms with Gasteiger partial charge in [-0.05, 0) is 31.6 Å². The first-order valence-corrected chi connectivity index (χ1v) is 6.03. The Morgan fingerprint density at radius 1 is 1.50 bits per heavy atom. The van der Waals surface area contributed by atoms with Gasteiger partial charge in [-0.3, -0.25) is 4.99 Å². The van der Waals surface area contributed by atoms with Crippen molar-refractivity contribution >= 4 is 47.6 Å². The van der Waals surface area contributed by atoms with Crippen LogP contribution in [0.25, 0.3) is 16.7 Å². The highest BCUT2D eigenvalue weighted by Crippen LogP contribution is 2.24. The van der Waals surface area contributed by atoms with Gasteiger partial charge < -0.3 is 5.32 Å². The predicted octanol–water partition coefficient (Wildman–Crippen LogP) is 2.25. The van der Waals surface area contributed by atoms with Crippen LogP contribution in [-0.4, -0.2) is 30.0 Å². The summed E-state index contributed by atoms with van der Waals surface area (Å²) in [6, 6.07) is 5.15. The van der Waals surface area contributed by atoms with Crippen LogP contribution in [0.5, 0.6) is 0 Å². The molecule has 2 rings (SSSR count). The topological polar surface area (TPSA) is 71.6 Å². The lowest BCUT2D eigenvalue weighted by atomic mass is 10.2. The summed E-state index contributed by atoms with van der Waals surface area (Å²) in [5.74, 6) is 0.695. The molecule has 102 valence electrons. The number of hydrogen-bond donors (Lipinski definition) is 1. The van der Waals surface area contributed by atoms with E-state index in [4.69, 9.17) is 11.6 Å². The van der Waals surface area contributed by atoms with E-state index in [-0.39, 0.29) is 5.82 Å². The van der Waals surface area contributed by atoms with Gasteiger partial charge in [0.15, 0.2) is 5.82 Å². The fourth-order valence-electron chi connectivity index (χ4n) is 1.86. The van der Waals surface area contributed by atoms with Crippen molar-refractivity contribution in [3.63, 3.8) is 0 Å². The van der Waals surface area contributed by atoms with Crippen LogP contribution < -0.4 is 11.0 Å². The largest absolute Gasteiger partial charge is 0.372 e. The van der Waals surface area contributed by atoms with Crippen molar-refractivity contribution in [3.8, 4) is 0 Å². The summed E-state index contributed by atoms with van der Waals surface area (Å²) in [5.41, 5.74) is 0.0515. The molecule has 0 atom stereocenters. The first-order chi connectivity index (χ1) is 9.62. The second kappa shape index (κ2) is 5.66. The van der Waals surface area contributed by atoms with Gasteiger partial charge >= 0.3 is 5.69 Å². The predicted molar refractivity (Wildman–Crippen MR) is 83.9 cm³/mol. The van der Waals surface area contributed by atoms with Crippen molar-refractivity contribution in [2.24, 2.45) is 9.98 Å². The molecule has 2 aromatic rings. The lowest BCUT2D eigenvalue weighted by molar-refractivity contribution is 0.964. The quantitative estimate of drug-likeness (QED) is 0.878. The van der Waals surface area contributed by atoms with Gasteiger partial charge in [0.1, 0.15) is 5.82 Å².